The Morgan fingerprint density at radius 1 is 1.15 bits per heavy atom. The lowest BCUT2D eigenvalue weighted by molar-refractivity contribution is 0.155. The third-order valence-corrected chi connectivity index (χ3v) is 4.08. The SMILES string of the molecule is CN1CCN(CCc2cn3cc(CN)ccc3n2)CC1. The van der Waals surface area contributed by atoms with Gasteiger partial charge in [0.1, 0.15) is 5.65 Å². The number of hydrogen-bond acceptors (Lipinski definition) is 4. The molecule has 3 heterocycles. The van der Waals surface area contributed by atoms with E-state index in [1.54, 1.807) is 0 Å². The smallest absolute Gasteiger partial charge is 0.136 e. The van der Waals surface area contributed by atoms with Crippen molar-refractivity contribution in [1.29, 1.82) is 0 Å². The van der Waals surface area contributed by atoms with E-state index in [2.05, 4.69) is 38.6 Å². The number of rotatable bonds is 4. The average molecular weight is 273 g/mol. The number of fused-ring (bicyclic) bond motifs is 1. The summed E-state index contributed by atoms with van der Waals surface area (Å²) in [5.74, 6) is 0. The van der Waals surface area contributed by atoms with Crippen molar-refractivity contribution in [2.24, 2.45) is 5.73 Å². The summed E-state index contributed by atoms with van der Waals surface area (Å²) in [6.07, 6.45) is 5.22. The number of nitrogens with two attached hydrogens (primary N) is 1. The van der Waals surface area contributed by atoms with Crippen LogP contribution in [0.5, 0.6) is 0 Å². The highest BCUT2D eigenvalue weighted by Crippen LogP contribution is 2.09. The molecule has 2 aromatic rings. The molecule has 0 radical (unpaired) electrons. The predicted octanol–water partition coefficient (Wildman–Crippen LogP) is 0.583. The summed E-state index contributed by atoms with van der Waals surface area (Å²) in [6.45, 7) is 6.35. The van der Waals surface area contributed by atoms with E-state index in [9.17, 15) is 0 Å². The molecule has 0 bridgehead atoms. The first kappa shape index (κ1) is 13.5. The minimum Gasteiger partial charge on any atom is -0.326 e. The fraction of sp³-hybridized carbons (Fsp3) is 0.533. The Morgan fingerprint density at radius 2 is 1.95 bits per heavy atom. The van der Waals surface area contributed by atoms with Crippen molar-refractivity contribution >= 4 is 5.65 Å². The van der Waals surface area contributed by atoms with Gasteiger partial charge in [0.25, 0.3) is 0 Å². The van der Waals surface area contributed by atoms with E-state index in [0.717, 1.165) is 29.9 Å². The van der Waals surface area contributed by atoms with Crippen LogP contribution in [0.25, 0.3) is 5.65 Å². The highest BCUT2D eigenvalue weighted by atomic mass is 15.2. The first-order chi connectivity index (χ1) is 9.74. The molecule has 0 aromatic carbocycles. The summed E-state index contributed by atoms with van der Waals surface area (Å²) in [6, 6.07) is 4.09. The van der Waals surface area contributed by atoms with Gasteiger partial charge in [0.2, 0.25) is 0 Å². The highest BCUT2D eigenvalue weighted by molar-refractivity contribution is 5.41. The van der Waals surface area contributed by atoms with E-state index in [4.69, 9.17) is 5.73 Å². The van der Waals surface area contributed by atoms with E-state index in [-0.39, 0.29) is 0 Å². The Balaban J connectivity index is 1.62. The quantitative estimate of drug-likeness (QED) is 0.885. The van der Waals surface area contributed by atoms with Crippen LogP contribution < -0.4 is 5.73 Å². The number of likely N-dealkylation sites (N-methyl/N-ethyl adjacent to an activating group) is 1. The van der Waals surface area contributed by atoms with Gasteiger partial charge in [0.15, 0.2) is 0 Å². The maximum absolute atomic E-state index is 5.67. The van der Waals surface area contributed by atoms with Crippen LogP contribution in [0.1, 0.15) is 11.3 Å². The predicted molar refractivity (Wildman–Crippen MR) is 80.7 cm³/mol. The van der Waals surface area contributed by atoms with Crippen LogP contribution in [0.4, 0.5) is 0 Å². The second kappa shape index (κ2) is 5.91. The second-order valence-electron chi connectivity index (χ2n) is 5.63. The van der Waals surface area contributed by atoms with E-state index in [1.807, 2.05) is 12.1 Å². The third-order valence-electron chi connectivity index (χ3n) is 4.08. The Morgan fingerprint density at radius 3 is 2.70 bits per heavy atom. The van der Waals surface area contributed by atoms with Crippen LogP contribution >= 0.6 is 0 Å². The van der Waals surface area contributed by atoms with E-state index >= 15 is 0 Å². The van der Waals surface area contributed by atoms with Crippen molar-refractivity contribution in [1.82, 2.24) is 19.2 Å². The maximum Gasteiger partial charge on any atom is 0.136 e. The van der Waals surface area contributed by atoms with Crippen LogP contribution in [0.2, 0.25) is 0 Å². The molecule has 1 saturated heterocycles. The molecular formula is C15H23N5. The van der Waals surface area contributed by atoms with Gasteiger partial charge in [0.05, 0.1) is 5.69 Å². The largest absolute Gasteiger partial charge is 0.326 e. The van der Waals surface area contributed by atoms with Crippen LogP contribution in [-0.4, -0.2) is 59.0 Å². The topological polar surface area (TPSA) is 49.8 Å². The zero-order chi connectivity index (χ0) is 13.9. The van der Waals surface area contributed by atoms with Gasteiger partial charge in [-0.2, -0.15) is 0 Å². The maximum atomic E-state index is 5.67. The first-order valence-corrected chi connectivity index (χ1v) is 7.32. The number of imidazole rings is 1. The molecule has 2 aromatic heterocycles. The molecule has 1 aliphatic heterocycles. The van der Waals surface area contributed by atoms with E-state index in [1.165, 1.54) is 26.2 Å². The molecule has 20 heavy (non-hydrogen) atoms. The zero-order valence-electron chi connectivity index (χ0n) is 12.1. The molecule has 0 spiro atoms. The van der Waals surface area contributed by atoms with Gasteiger partial charge >= 0.3 is 0 Å². The Hall–Kier alpha value is -1.43. The summed E-state index contributed by atoms with van der Waals surface area (Å²) in [5, 5.41) is 0. The lowest BCUT2D eigenvalue weighted by Gasteiger charge is -2.32. The lowest BCUT2D eigenvalue weighted by atomic mass is 10.2. The number of piperazine rings is 1. The van der Waals surface area contributed by atoms with Gasteiger partial charge in [-0.1, -0.05) is 6.07 Å². The molecule has 0 aliphatic carbocycles. The Bertz CT molecular complexity index is 569. The molecule has 5 nitrogen and oxygen atoms in total. The normalized spacial score (nSPS) is 17.9. The third kappa shape index (κ3) is 3.00. The fourth-order valence-corrected chi connectivity index (χ4v) is 2.68. The number of hydrogen-bond donors (Lipinski definition) is 1. The summed E-state index contributed by atoms with van der Waals surface area (Å²) in [4.78, 5) is 9.58. The van der Waals surface area contributed by atoms with E-state index < -0.39 is 0 Å². The standard InChI is InChI=1S/C15H23N5/c1-18-6-8-19(9-7-18)5-4-14-12-20-11-13(10-16)2-3-15(20)17-14/h2-3,11-12H,4-10,16H2,1H3. The van der Waals surface area contributed by atoms with Crippen LogP contribution in [0.3, 0.4) is 0 Å². The number of aromatic nitrogens is 2. The average Bonchev–Trinajstić information content (AvgIpc) is 2.88. The molecule has 0 unspecified atom stereocenters. The highest BCUT2D eigenvalue weighted by Gasteiger charge is 2.13. The molecule has 5 heteroatoms. The monoisotopic (exact) mass is 273 g/mol. The number of nitrogens with zero attached hydrogens (tertiary/aromatic N) is 4. The van der Waals surface area contributed by atoms with Gasteiger partial charge in [-0.25, -0.2) is 4.98 Å². The molecule has 108 valence electrons. The Kier molecular flexibility index (Phi) is 4.00. The van der Waals surface area contributed by atoms with Crippen molar-refractivity contribution in [3.63, 3.8) is 0 Å². The van der Waals surface area contributed by atoms with Crippen LogP contribution in [-0.2, 0) is 13.0 Å². The Labute approximate surface area is 120 Å². The van der Waals surface area contributed by atoms with Gasteiger partial charge in [-0.3, -0.25) is 0 Å². The molecule has 0 amide bonds. The van der Waals surface area contributed by atoms with Crippen molar-refractivity contribution in [3.05, 3.63) is 35.8 Å². The van der Waals surface area contributed by atoms with Gasteiger partial charge < -0.3 is 19.9 Å². The molecular weight excluding hydrogens is 250 g/mol. The van der Waals surface area contributed by atoms with Crippen LogP contribution in [0, 0.1) is 0 Å². The summed E-state index contributed by atoms with van der Waals surface area (Å²) in [5.41, 5.74) is 8.98. The summed E-state index contributed by atoms with van der Waals surface area (Å²) in [7, 11) is 2.19. The molecule has 0 saturated carbocycles. The van der Waals surface area contributed by atoms with Gasteiger partial charge in [0, 0.05) is 58.1 Å². The molecule has 3 rings (SSSR count). The van der Waals surface area contributed by atoms with Crippen molar-refractivity contribution in [3.8, 4) is 0 Å². The molecule has 0 atom stereocenters. The summed E-state index contributed by atoms with van der Waals surface area (Å²) < 4.78 is 2.08. The van der Waals surface area contributed by atoms with Crippen molar-refractivity contribution in [2.75, 3.05) is 39.8 Å². The minimum absolute atomic E-state index is 0.574. The fourth-order valence-electron chi connectivity index (χ4n) is 2.68. The van der Waals surface area contributed by atoms with E-state index in [0.29, 0.717) is 6.54 Å². The molecule has 1 aliphatic rings. The van der Waals surface area contributed by atoms with Gasteiger partial charge in [-0.15, -0.1) is 0 Å². The lowest BCUT2D eigenvalue weighted by Crippen LogP contribution is -2.45. The number of pyridine rings is 1. The van der Waals surface area contributed by atoms with Crippen molar-refractivity contribution < 1.29 is 0 Å². The minimum atomic E-state index is 0.574. The van der Waals surface area contributed by atoms with Gasteiger partial charge in [-0.05, 0) is 18.7 Å². The first-order valence-electron chi connectivity index (χ1n) is 7.32. The molecule has 2 N–H and O–H groups in total. The second-order valence-corrected chi connectivity index (χ2v) is 5.63. The molecule has 1 fully saturated rings. The summed E-state index contributed by atoms with van der Waals surface area (Å²) >= 11 is 0. The zero-order valence-corrected chi connectivity index (χ0v) is 12.1. The van der Waals surface area contributed by atoms with Crippen LogP contribution in [0.15, 0.2) is 24.5 Å². The van der Waals surface area contributed by atoms with Crippen molar-refractivity contribution in [2.45, 2.75) is 13.0 Å².